The zero-order valence-electron chi connectivity index (χ0n) is 21.0. The van der Waals surface area contributed by atoms with Gasteiger partial charge in [0.25, 0.3) is 11.8 Å². The minimum atomic E-state index is -0.730. The maximum Gasteiger partial charge on any atom is 0.276 e. The lowest BCUT2D eigenvalue weighted by atomic mass is 9.83. The number of benzene rings is 3. The maximum atomic E-state index is 12.9. The van der Waals surface area contributed by atoms with Gasteiger partial charge in [0.15, 0.2) is 41.2 Å². The van der Waals surface area contributed by atoms with Gasteiger partial charge in [-0.05, 0) is 36.2 Å². The second-order valence-corrected chi connectivity index (χ2v) is 8.90. The fourth-order valence-corrected chi connectivity index (χ4v) is 3.83. The van der Waals surface area contributed by atoms with E-state index in [1.807, 2.05) is 13.8 Å². The molecule has 0 aromatic heterocycles. The van der Waals surface area contributed by atoms with Gasteiger partial charge in [-0.25, -0.2) is 0 Å². The number of aromatic hydroxyl groups is 1. The van der Waals surface area contributed by atoms with Gasteiger partial charge in [0.1, 0.15) is 0 Å². The molecule has 0 atom stereocenters. The van der Waals surface area contributed by atoms with Crippen LogP contribution in [0.3, 0.4) is 0 Å². The average Bonchev–Trinajstić information content (AvgIpc) is 2.92. The molecule has 1 aliphatic carbocycles. The van der Waals surface area contributed by atoms with Crippen LogP contribution in [0.5, 0.6) is 23.0 Å². The molecule has 0 unspecified atom stereocenters. The zero-order valence-corrected chi connectivity index (χ0v) is 21.0. The number of ketones is 2. The summed E-state index contributed by atoms with van der Waals surface area (Å²) in [6.07, 6.45) is 0. The number of amides is 2. The van der Waals surface area contributed by atoms with E-state index in [9.17, 15) is 24.3 Å². The molecule has 0 radical (unpaired) electrons. The van der Waals surface area contributed by atoms with E-state index in [2.05, 4.69) is 10.9 Å². The van der Waals surface area contributed by atoms with Crippen LogP contribution in [0.1, 0.15) is 56.0 Å². The number of ether oxygens (including phenoxy) is 3. The first-order valence-corrected chi connectivity index (χ1v) is 11.8. The summed E-state index contributed by atoms with van der Waals surface area (Å²) in [5.41, 5.74) is 4.99. The molecule has 3 N–H and O–H groups in total. The summed E-state index contributed by atoms with van der Waals surface area (Å²) in [6, 6.07) is 13.6. The fraction of sp³-hybridized carbons (Fsp3) is 0.214. The molecule has 0 spiro atoms. The van der Waals surface area contributed by atoms with Crippen LogP contribution < -0.4 is 25.1 Å². The van der Waals surface area contributed by atoms with E-state index in [1.165, 1.54) is 37.4 Å². The van der Waals surface area contributed by atoms with Crippen LogP contribution in [0, 0.1) is 5.92 Å². The first-order valence-electron chi connectivity index (χ1n) is 11.8. The summed E-state index contributed by atoms with van der Waals surface area (Å²) in [5.74, 6) is -1.79. The first-order chi connectivity index (χ1) is 18.2. The summed E-state index contributed by atoms with van der Waals surface area (Å²) in [6.45, 7) is 3.91. The lowest BCUT2D eigenvalue weighted by molar-refractivity contribution is -0.123. The van der Waals surface area contributed by atoms with Gasteiger partial charge in [0.05, 0.1) is 19.3 Å². The second kappa shape index (κ2) is 11.0. The Labute approximate surface area is 218 Å². The number of nitrogens with one attached hydrogen (secondary N) is 2. The quantitative estimate of drug-likeness (QED) is 0.303. The number of phenolic OH excluding ortho intramolecular Hbond substituents is 1. The van der Waals surface area contributed by atoms with Crippen LogP contribution in [0.2, 0.25) is 0 Å². The Balaban J connectivity index is 1.37. The minimum absolute atomic E-state index is 0.0475. The molecular formula is C28H26N2O8. The molecule has 4 rings (SSSR count). The van der Waals surface area contributed by atoms with Crippen LogP contribution >= 0.6 is 0 Å². The Hall–Kier alpha value is -4.86. The smallest absolute Gasteiger partial charge is 0.276 e. The van der Waals surface area contributed by atoms with E-state index in [-0.39, 0.29) is 33.6 Å². The Kier molecular flexibility index (Phi) is 7.61. The minimum Gasteiger partial charge on any atom is -0.504 e. The summed E-state index contributed by atoms with van der Waals surface area (Å²) >= 11 is 0. The second-order valence-electron chi connectivity index (χ2n) is 8.90. The van der Waals surface area contributed by atoms with Gasteiger partial charge in [-0.3, -0.25) is 30.0 Å². The van der Waals surface area contributed by atoms with Crippen LogP contribution in [0.15, 0.2) is 54.6 Å². The molecular weight excluding hydrogens is 492 g/mol. The van der Waals surface area contributed by atoms with Gasteiger partial charge in [0, 0.05) is 22.3 Å². The van der Waals surface area contributed by atoms with Gasteiger partial charge >= 0.3 is 0 Å². The van der Waals surface area contributed by atoms with Crippen molar-refractivity contribution < 1.29 is 38.5 Å². The third kappa shape index (κ3) is 5.29. The van der Waals surface area contributed by atoms with Crippen LogP contribution in [0.4, 0.5) is 0 Å². The Morgan fingerprint density at radius 3 is 2.21 bits per heavy atom. The average molecular weight is 519 g/mol. The van der Waals surface area contributed by atoms with Crippen molar-refractivity contribution in [1.29, 1.82) is 0 Å². The van der Waals surface area contributed by atoms with Crippen molar-refractivity contribution in [2.75, 3.05) is 20.3 Å². The number of rotatable bonds is 8. The van der Waals surface area contributed by atoms with E-state index in [1.54, 1.807) is 24.3 Å². The number of hydrogen-bond acceptors (Lipinski definition) is 8. The van der Waals surface area contributed by atoms with Gasteiger partial charge in [-0.1, -0.05) is 38.1 Å². The number of methoxy groups -OCH3 is 1. The zero-order chi connectivity index (χ0) is 27.4. The fourth-order valence-electron chi connectivity index (χ4n) is 3.83. The molecule has 0 bridgehead atoms. The highest BCUT2D eigenvalue weighted by Crippen LogP contribution is 2.38. The molecule has 0 saturated carbocycles. The van der Waals surface area contributed by atoms with Crippen molar-refractivity contribution >= 4 is 23.4 Å². The van der Waals surface area contributed by atoms with Crippen molar-refractivity contribution in [2.24, 2.45) is 5.92 Å². The molecule has 38 heavy (non-hydrogen) atoms. The molecule has 2 amide bonds. The van der Waals surface area contributed by atoms with Crippen LogP contribution in [-0.2, 0) is 4.79 Å². The Morgan fingerprint density at radius 1 is 0.842 bits per heavy atom. The van der Waals surface area contributed by atoms with E-state index in [0.717, 1.165) is 0 Å². The van der Waals surface area contributed by atoms with Crippen LogP contribution in [0.25, 0.3) is 0 Å². The molecule has 10 heteroatoms. The monoisotopic (exact) mass is 518 g/mol. The van der Waals surface area contributed by atoms with Gasteiger partial charge < -0.3 is 19.3 Å². The molecule has 196 valence electrons. The van der Waals surface area contributed by atoms with Crippen molar-refractivity contribution in [1.82, 2.24) is 10.9 Å². The summed E-state index contributed by atoms with van der Waals surface area (Å²) in [5, 5.41) is 10.6. The topological polar surface area (TPSA) is 140 Å². The van der Waals surface area contributed by atoms with E-state index in [4.69, 9.17) is 14.2 Å². The molecule has 0 saturated heterocycles. The van der Waals surface area contributed by atoms with Gasteiger partial charge in [0.2, 0.25) is 0 Å². The van der Waals surface area contributed by atoms with E-state index < -0.39 is 35.7 Å². The summed E-state index contributed by atoms with van der Waals surface area (Å²) in [4.78, 5) is 50.4. The molecule has 0 fully saturated rings. The number of hydrazine groups is 1. The lowest BCUT2D eigenvalue weighted by Gasteiger charge is -2.19. The highest BCUT2D eigenvalue weighted by molar-refractivity contribution is 6.29. The number of carbonyl (C=O) groups excluding carboxylic acids is 4. The van der Waals surface area contributed by atoms with Gasteiger partial charge in [-0.2, -0.15) is 0 Å². The van der Waals surface area contributed by atoms with Gasteiger partial charge in [-0.15, -0.1) is 0 Å². The van der Waals surface area contributed by atoms with E-state index in [0.29, 0.717) is 24.0 Å². The standard InChI is InChI=1S/C28H26N2O8/c1-15(2)13-37-20-10-8-16(12-22(20)36-3)28(35)30-29-23(31)14-38-21-11-9-19-24(27(21)34)26(33)18-7-5-4-6-17(18)25(19)32/h4-12,15,34H,13-14H2,1-3H3,(H,29,31)(H,30,35). The molecule has 3 aromatic rings. The normalized spacial score (nSPS) is 11.9. The Morgan fingerprint density at radius 2 is 1.53 bits per heavy atom. The number of phenols is 1. The van der Waals surface area contributed by atoms with E-state index >= 15 is 0 Å². The predicted octanol–water partition coefficient (Wildman–Crippen LogP) is 3.05. The third-order valence-electron chi connectivity index (χ3n) is 5.70. The highest BCUT2D eigenvalue weighted by Gasteiger charge is 2.33. The maximum absolute atomic E-state index is 12.9. The first kappa shape index (κ1) is 26.2. The molecule has 3 aromatic carbocycles. The van der Waals surface area contributed by atoms with Crippen molar-refractivity contribution in [3.63, 3.8) is 0 Å². The molecule has 10 nitrogen and oxygen atoms in total. The Bertz CT molecular complexity index is 1430. The molecule has 0 aliphatic heterocycles. The van der Waals surface area contributed by atoms with Crippen molar-refractivity contribution in [3.8, 4) is 23.0 Å². The molecule has 0 heterocycles. The number of fused-ring (bicyclic) bond motifs is 2. The van der Waals surface area contributed by atoms with Crippen molar-refractivity contribution in [3.05, 3.63) is 82.4 Å². The largest absolute Gasteiger partial charge is 0.504 e. The van der Waals surface area contributed by atoms with Crippen molar-refractivity contribution in [2.45, 2.75) is 13.8 Å². The predicted molar refractivity (Wildman–Crippen MR) is 136 cm³/mol. The highest BCUT2D eigenvalue weighted by atomic mass is 16.5. The SMILES string of the molecule is COc1cc(C(=O)NNC(=O)COc2ccc3c(c2O)C(=O)c2ccccc2C3=O)ccc1OCC(C)C. The summed E-state index contributed by atoms with van der Waals surface area (Å²) in [7, 11) is 1.46. The number of carbonyl (C=O) groups is 4. The number of hydrogen-bond donors (Lipinski definition) is 3. The summed E-state index contributed by atoms with van der Waals surface area (Å²) < 4.78 is 16.3. The molecule has 1 aliphatic rings. The lowest BCUT2D eigenvalue weighted by Crippen LogP contribution is -2.43. The third-order valence-corrected chi connectivity index (χ3v) is 5.70. The van der Waals surface area contributed by atoms with Crippen LogP contribution in [-0.4, -0.2) is 48.8 Å².